The Labute approximate surface area is 117 Å². The van der Waals surface area contributed by atoms with Gasteiger partial charge in [-0.15, -0.1) is 0 Å². The quantitative estimate of drug-likeness (QED) is 0.611. The fourth-order valence-electron chi connectivity index (χ4n) is 1.42. The van der Waals surface area contributed by atoms with Gasteiger partial charge < -0.3 is 9.47 Å². The first-order chi connectivity index (χ1) is 9.02. The van der Waals surface area contributed by atoms with Crippen LogP contribution in [0.1, 0.15) is 26.3 Å². The first-order valence-corrected chi connectivity index (χ1v) is 6.96. The highest BCUT2D eigenvalue weighted by molar-refractivity contribution is 8.13. The highest BCUT2D eigenvalue weighted by atomic mass is 32.2. The standard InChI is InChI=1S/C14H18O4S/c1-4-17-13(15)9-11-7-5-6-8-12(11)19-14(16)18-10(2)3/h5-8,10H,4,9H2,1-3H3. The SMILES string of the molecule is CCOC(=O)Cc1ccccc1SC(=O)OC(C)C. The number of carbonyl (C=O) groups excluding carboxylic acids is 2. The lowest BCUT2D eigenvalue weighted by Crippen LogP contribution is -2.09. The van der Waals surface area contributed by atoms with Crippen LogP contribution in [-0.2, 0) is 20.7 Å². The maximum absolute atomic E-state index is 11.6. The molecule has 5 heteroatoms. The first-order valence-electron chi connectivity index (χ1n) is 6.15. The number of esters is 1. The van der Waals surface area contributed by atoms with Crippen LogP contribution in [-0.4, -0.2) is 24.0 Å². The van der Waals surface area contributed by atoms with Crippen molar-refractivity contribution in [3.8, 4) is 0 Å². The van der Waals surface area contributed by atoms with Gasteiger partial charge in [0.05, 0.1) is 19.1 Å². The van der Waals surface area contributed by atoms with Gasteiger partial charge in [-0.25, -0.2) is 4.79 Å². The second kappa shape index (κ2) is 7.84. The molecule has 0 aliphatic heterocycles. The fourth-order valence-corrected chi connectivity index (χ4v) is 2.26. The zero-order chi connectivity index (χ0) is 14.3. The van der Waals surface area contributed by atoms with E-state index in [-0.39, 0.29) is 23.8 Å². The molecule has 0 unspecified atom stereocenters. The van der Waals surface area contributed by atoms with Gasteiger partial charge in [0.2, 0.25) is 0 Å². The van der Waals surface area contributed by atoms with Crippen LogP contribution >= 0.6 is 11.8 Å². The summed E-state index contributed by atoms with van der Waals surface area (Å²) in [5, 5.41) is -0.369. The van der Waals surface area contributed by atoms with Gasteiger partial charge in [0.25, 0.3) is 0 Å². The van der Waals surface area contributed by atoms with Gasteiger partial charge in [0, 0.05) is 4.90 Å². The lowest BCUT2D eigenvalue weighted by Gasteiger charge is -2.10. The summed E-state index contributed by atoms with van der Waals surface area (Å²) in [6, 6.07) is 7.24. The maximum Gasteiger partial charge on any atom is 0.372 e. The Morgan fingerprint density at radius 2 is 1.95 bits per heavy atom. The van der Waals surface area contributed by atoms with Gasteiger partial charge in [0.15, 0.2) is 0 Å². The Hall–Kier alpha value is -1.49. The Morgan fingerprint density at radius 3 is 2.58 bits per heavy atom. The molecule has 0 radical (unpaired) electrons. The van der Waals surface area contributed by atoms with E-state index < -0.39 is 0 Å². The number of thioether (sulfide) groups is 1. The van der Waals surface area contributed by atoms with Crippen LogP contribution in [0.15, 0.2) is 29.2 Å². The van der Waals surface area contributed by atoms with Crippen LogP contribution < -0.4 is 0 Å². The third-order valence-electron chi connectivity index (χ3n) is 2.14. The molecule has 0 saturated heterocycles. The average molecular weight is 282 g/mol. The molecule has 0 atom stereocenters. The van der Waals surface area contributed by atoms with E-state index >= 15 is 0 Å². The smallest absolute Gasteiger partial charge is 0.372 e. The van der Waals surface area contributed by atoms with Gasteiger partial charge in [-0.2, -0.15) is 0 Å². The van der Waals surface area contributed by atoms with Crippen molar-refractivity contribution in [3.63, 3.8) is 0 Å². The van der Waals surface area contributed by atoms with Gasteiger partial charge in [-0.3, -0.25) is 4.79 Å². The van der Waals surface area contributed by atoms with Crippen LogP contribution in [0.2, 0.25) is 0 Å². The van der Waals surface area contributed by atoms with Gasteiger partial charge in [-0.05, 0) is 44.2 Å². The van der Waals surface area contributed by atoms with E-state index in [1.54, 1.807) is 26.8 Å². The minimum Gasteiger partial charge on any atom is -0.466 e. The summed E-state index contributed by atoms with van der Waals surface area (Å²) in [5.41, 5.74) is 0.770. The Morgan fingerprint density at radius 1 is 1.26 bits per heavy atom. The number of hydrogen-bond donors (Lipinski definition) is 0. The van der Waals surface area contributed by atoms with Crippen molar-refractivity contribution in [3.05, 3.63) is 29.8 Å². The molecule has 0 amide bonds. The van der Waals surface area contributed by atoms with Crippen LogP contribution in [0, 0.1) is 0 Å². The summed E-state index contributed by atoms with van der Waals surface area (Å²) in [4.78, 5) is 23.8. The third-order valence-corrected chi connectivity index (χ3v) is 3.02. The molecule has 0 aliphatic carbocycles. The van der Waals surface area contributed by atoms with Crippen molar-refractivity contribution in [2.45, 2.75) is 38.2 Å². The van der Waals surface area contributed by atoms with Crippen LogP contribution in [0.25, 0.3) is 0 Å². The van der Waals surface area contributed by atoms with Crippen molar-refractivity contribution in [1.82, 2.24) is 0 Å². The monoisotopic (exact) mass is 282 g/mol. The van der Waals surface area contributed by atoms with E-state index in [9.17, 15) is 9.59 Å². The largest absolute Gasteiger partial charge is 0.466 e. The predicted molar refractivity (Wildman–Crippen MR) is 74.3 cm³/mol. The van der Waals surface area contributed by atoms with Crippen molar-refractivity contribution in [2.75, 3.05) is 6.61 Å². The summed E-state index contributed by atoms with van der Waals surface area (Å²) in [5.74, 6) is -0.298. The fraction of sp³-hybridized carbons (Fsp3) is 0.429. The molecule has 0 bridgehead atoms. The van der Waals surface area contributed by atoms with Crippen LogP contribution in [0.4, 0.5) is 4.79 Å². The van der Waals surface area contributed by atoms with E-state index in [1.807, 2.05) is 18.2 Å². The molecule has 0 aromatic heterocycles. The zero-order valence-corrected chi connectivity index (χ0v) is 12.2. The van der Waals surface area contributed by atoms with Crippen molar-refractivity contribution >= 4 is 23.0 Å². The molecular weight excluding hydrogens is 264 g/mol. The average Bonchev–Trinajstić information content (AvgIpc) is 2.30. The first kappa shape index (κ1) is 15.6. The number of benzene rings is 1. The summed E-state index contributed by atoms with van der Waals surface area (Å²) >= 11 is 0.990. The topological polar surface area (TPSA) is 52.6 Å². The van der Waals surface area contributed by atoms with Crippen molar-refractivity contribution < 1.29 is 19.1 Å². The number of hydrogen-bond acceptors (Lipinski definition) is 5. The Balaban J connectivity index is 2.72. The highest BCUT2D eigenvalue weighted by Gasteiger charge is 2.13. The Bertz CT molecular complexity index is 443. The summed E-state index contributed by atoms with van der Waals surface area (Å²) < 4.78 is 9.98. The summed E-state index contributed by atoms with van der Waals surface area (Å²) in [6.45, 7) is 5.70. The summed E-state index contributed by atoms with van der Waals surface area (Å²) in [6.07, 6.45) is 0.00335. The van der Waals surface area contributed by atoms with E-state index in [0.717, 1.165) is 22.2 Å². The molecule has 4 nitrogen and oxygen atoms in total. The highest BCUT2D eigenvalue weighted by Crippen LogP contribution is 2.25. The normalized spacial score (nSPS) is 10.3. The molecule has 1 aromatic rings. The lowest BCUT2D eigenvalue weighted by molar-refractivity contribution is -0.142. The molecule has 0 spiro atoms. The van der Waals surface area contributed by atoms with Crippen LogP contribution in [0.3, 0.4) is 0 Å². The zero-order valence-electron chi connectivity index (χ0n) is 11.3. The third kappa shape index (κ3) is 5.79. The van der Waals surface area contributed by atoms with Gasteiger partial charge in [-0.1, -0.05) is 18.2 Å². The maximum atomic E-state index is 11.6. The second-order valence-corrected chi connectivity index (χ2v) is 5.09. The van der Waals surface area contributed by atoms with Crippen molar-refractivity contribution in [1.29, 1.82) is 0 Å². The number of carbonyl (C=O) groups is 2. The van der Waals surface area contributed by atoms with E-state index in [1.165, 1.54) is 0 Å². The lowest BCUT2D eigenvalue weighted by atomic mass is 10.1. The molecule has 0 saturated carbocycles. The molecule has 1 aromatic carbocycles. The molecule has 0 aliphatic rings. The Kier molecular flexibility index (Phi) is 6.42. The molecule has 0 N–H and O–H groups in total. The molecule has 0 fully saturated rings. The van der Waals surface area contributed by atoms with E-state index in [2.05, 4.69) is 0 Å². The van der Waals surface area contributed by atoms with E-state index in [4.69, 9.17) is 9.47 Å². The molecular formula is C14H18O4S. The van der Waals surface area contributed by atoms with E-state index in [0.29, 0.717) is 6.61 Å². The molecule has 1 rings (SSSR count). The summed E-state index contributed by atoms with van der Waals surface area (Å²) in [7, 11) is 0. The van der Waals surface area contributed by atoms with Gasteiger partial charge >= 0.3 is 11.3 Å². The van der Waals surface area contributed by atoms with Crippen molar-refractivity contribution in [2.24, 2.45) is 0 Å². The minimum absolute atomic E-state index is 0.155. The predicted octanol–water partition coefficient (Wildman–Crippen LogP) is 3.43. The minimum atomic E-state index is -0.369. The molecule has 19 heavy (non-hydrogen) atoms. The number of ether oxygens (including phenoxy) is 2. The number of rotatable bonds is 5. The molecule has 0 heterocycles. The second-order valence-electron chi connectivity index (χ2n) is 4.11. The molecule has 104 valence electrons. The van der Waals surface area contributed by atoms with Gasteiger partial charge in [0.1, 0.15) is 0 Å². The van der Waals surface area contributed by atoms with Crippen LogP contribution in [0.5, 0.6) is 0 Å².